The molecule has 0 aromatic heterocycles. The van der Waals surface area contributed by atoms with Gasteiger partial charge in [0.25, 0.3) is 0 Å². The molecule has 36 heavy (non-hydrogen) atoms. The summed E-state index contributed by atoms with van der Waals surface area (Å²) in [5.41, 5.74) is 1.59. The smallest absolute Gasteiger partial charge is 0.305 e. The van der Waals surface area contributed by atoms with Gasteiger partial charge in [0.2, 0.25) is 11.8 Å². The third-order valence-corrected chi connectivity index (χ3v) is 6.56. The van der Waals surface area contributed by atoms with Gasteiger partial charge in [0, 0.05) is 16.3 Å². The molecule has 0 fully saturated rings. The second-order valence-electron chi connectivity index (χ2n) is 8.53. The normalized spacial score (nSPS) is 12.5. The van der Waals surface area contributed by atoms with Crippen LogP contribution in [0.5, 0.6) is 5.75 Å². The fourth-order valence-electron chi connectivity index (χ4n) is 3.44. The molecule has 0 aliphatic heterocycles. The first-order valence-electron chi connectivity index (χ1n) is 11.4. The summed E-state index contributed by atoms with van der Waals surface area (Å²) in [4.78, 5) is 49.9. The Hall–Kier alpha value is -3.04. The predicted molar refractivity (Wildman–Crippen MR) is 140 cm³/mol. The van der Waals surface area contributed by atoms with E-state index in [1.807, 2.05) is 30.3 Å². The molecule has 0 aliphatic rings. The highest BCUT2D eigenvalue weighted by molar-refractivity contribution is 7.99. The number of carbonyl (C=O) groups is 4. The SMILES string of the molecule is COc1ccc(Cl)cc1CC(=O)N[C@H](C(=O)NC(CC(=O)O)C(=O)CSCc1ccccc1)C(C)C. The zero-order valence-electron chi connectivity index (χ0n) is 20.5. The number of thioether (sulfide) groups is 1. The van der Waals surface area contributed by atoms with E-state index in [0.29, 0.717) is 22.1 Å². The van der Waals surface area contributed by atoms with E-state index in [2.05, 4.69) is 10.6 Å². The van der Waals surface area contributed by atoms with Gasteiger partial charge in [-0.15, -0.1) is 11.8 Å². The first kappa shape index (κ1) is 29.2. The topological polar surface area (TPSA) is 122 Å². The second kappa shape index (κ2) is 14.5. The van der Waals surface area contributed by atoms with Crippen molar-refractivity contribution in [1.82, 2.24) is 10.6 Å². The van der Waals surface area contributed by atoms with E-state index in [9.17, 15) is 24.3 Å². The van der Waals surface area contributed by atoms with Gasteiger partial charge in [0.05, 0.1) is 31.7 Å². The average Bonchev–Trinajstić information content (AvgIpc) is 2.82. The lowest BCUT2D eigenvalue weighted by molar-refractivity contribution is -0.140. The van der Waals surface area contributed by atoms with Crippen LogP contribution in [0.1, 0.15) is 31.4 Å². The number of hydrogen-bond donors (Lipinski definition) is 3. The summed E-state index contributed by atoms with van der Waals surface area (Å²) >= 11 is 7.37. The molecule has 0 spiro atoms. The van der Waals surface area contributed by atoms with Gasteiger partial charge in [-0.2, -0.15) is 0 Å². The molecule has 2 aromatic rings. The molecular weight excluding hydrogens is 504 g/mol. The maximum absolute atomic E-state index is 13.0. The molecule has 194 valence electrons. The molecule has 2 atom stereocenters. The minimum Gasteiger partial charge on any atom is -0.496 e. The van der Waals surface area contributed by atoms with E-state index in [4.69, 9.17) is 16.3 Å². The first-order valence-corrected chi connectivity index (χ1v) is 12.9. The Kier molecular flexibility index (Phi) is 11.8. The van der Waals surface area contributed by atoms with Crippen LogP contribution in [0.25, 0.3) is 0 Å². The number of carboxylic acid groups (broad SMARTS) is 1. The fraction of sp³-hybridized carbons (Fsp3) is 0.385. The van der Waals surface area contributed by atoms with Gasteiger partial charge < -0.3 is 20.5 Å². The number of carboxylic acids is 1. The van der Waals surface area contributed by atoms with E-state index in [1.165, 1.54) is 18.9 Å². The summed E-state index contributed by atoms with van der Waals surface area (Å²) in [6, 6.07) is 12.3. The first-order chi connectivity index (χ1) is 17.1. The van der Waals surface area contributed by atoms with Crippen molar-refractivity contribution in [2.24, 2.45) is 5.92 Å². The summed E-state index contributed by atoms with van der Waals surface area (Å²) in [6.45, 7) is 3.49. The number of benzene rings is 2. The molecule has 3 N–H and O–H groups in total. The number of ether oxygens (including phenoxy) is 1. The van der Waals surface area contributed by atoms with Gasteiger partial charge in [-0.3, -0.25) is 19.2 Å². The van der Waals surface area contributed by atoms with Crippen LogP contribution in [0.3, 0.4) is 0 Å². The number of methoxy groups -OCH3 is 1. The Morgan fingerprint density at radius 2 is 1.75 bits per heavy atom. The molecule has 0 aliphatic carbocycles. The maximum atomic E-state index is 13.0. The van der Waals surface area contributed by atoms with Gasteiger partial charge >= 0.3 is 5.97 Å². The highest BCUT2D eigenvalue weighted by Crippen LogP contribution is 2.23. The van der Waals surface area contributed by atoms with Crippen LogP contribution in [0.4, 0.5) is 0 Å². The van der Waals surface area contributed by atoms with E-state index < -0.39 is 42.1 Å². The van der Waals surface area contributed by atoms with Crippen LogP contribution in [-0.4, -0.2) is 53.6 Å². The van der Waals surface area contributed by atoms with E-state index in [1.54, 1.807) is 32.0 Å². The molecule has 0 bridgehead atoms. The number of hydrogen-bond acceptors (Lipinski definition) is 6. The number of Topliss-reactive ketones (excluding diaryl/α,β-unsaturated/α-hetero) is 1. The van der Waals surface area contributed by atoms with Crippen molar-refractivity contribution in [2.75, 3.05) is 12.9 Å². The number of rotatable bonds is 14. The Balaban J connectivity index is 2.03. The molecular formula is C26H31ClN2O6S. The molecule has 1 unspecified atom stereocenters. The predicted octanol–water partition coefficient (Wildman–Crippen LogP) is 3.49. The Morgan fingerprint density at radius 1 is 1.06 bits per heavy atom. The minimum atomic E-state index is -1.21. The van der Waals surface area contributed by atoms with Crippen LogP contribution >= 0.6 is 23.4 Å². The number of carbonyl (C=O) groups excluding carboxylic acids is 3. The number of halogens is 1. The minimum absolute atomic E-state index is 0.0421. The lowest BCUT2D eigenvalue weighted by Gasteiger charge is -2.24. The third kappa shape index (κ3) is 9.54. The van der Waals surface area contributed by atoms with E-state index in [0.717, 1.165) is 5.56 Å². The zero-order chi connectivity index (χ0) is 26.7. The van der Waals surface area contributed by atoms with Crippen molar-refractivity contribution >= 4 is 46.9 Å². The van der Waals surface area contributed by atoms with Crippen LogP contribution in [0.15, 0.2) is 48.5 Å². The van der Waals surface area contributed by atoms with Crippen molar-refractivity contribution in [1.29, 1.82) is 0 Å². The number of aliphatic carboxylic acids is 1. The van der Waals surface area contributed by atoms with Crippen LogP contribution < -0.4 is 15.4 Å². The molecule has 2 aromatic carbocycles. The molecule has 0 heterocycles. The highest BCUT2D eigenvalue weighted by atomic mass is 35.5. The number of amides is 2. The molecule has 0 saturated heterocycles. The van der Waals surface area contributed by atoms with Crippen molar-refractivity contribution in [3.05, 3.63) is 64.7 Å². The van der Waals surface area contributed by atoms with E-state index in [-0.39, 0.29) is 18.1 Å². The van der Waals surface area contributed by atoms with Crippen LogP contribution in [-0.2, 0) is 31.4 Å². The van der Waals surface area contributed by atoms with Crippen molar-refractivity contribution < 1.29 is 29.0 Å². The summed E-state index contributed by atoms with van der Waals surface area (Å²) in [5, 5.41) is 14.9. The van der Waals surface area contributed by atoms with Gasteiger partial charge in [-0.05, 0) is 29.7 Å². The monoisotopic (exact) mass is 534 g/mol. The molecule has 0 radical (unpaired) electrons. The largest absolute Gasteiger partial charge is 0.496 e. The summed E-state index contributed by atoms with van der Waals surface area (Å²) in [6.07, 6.45) is -0.622. The molecule has 0 saturated carbocycles. The molecule has 2 rings (SSSR count). The Bertz CT molecular complexity index is 1060. The lowest BCUT2D eigenvalue weighted by atomic mass is 10.0. The number of nitrogens with one attached hydrogen (secondary N) is 2. The van der Waals surface area contributed by atoms with Gasteiger partial charge in [-0.1, -0.05) is 55.8 Å². The maximum Gasteiger partial charge on any atom is 0.305 e. The van der Waals surface area contributed by atoms with Gasteiger partial charge in [-0.25, -0.2) is 0 Å². The van der Waals surface area contributed by atoms with Gasteiger partial charge in [0.1, 0.15) is 11.8 Å². The van der Waals surface area contributed by atoms with Crippen molar-refractivity contribution in [3.8, 4) is 5.75 Å². The lowest BCUT2D eigenvalue weighted by Crippen LogP contribution is -2.54. The van der Waals surface area contributed by atoms with Crippen LogP contribution in [0, 0.1) is 5.92 Å². The highest BCUT2D eigenvalue weighted by Gasteiger charge is 2.30. The van der Waals surface area contributed by atoms with Crippen molar-refractivity contribution in [2.45, 2.75) is 44.5 Å². The second-order valence-corrected chi connectivity index (χ2v) is 9.95. The van der Waals surface area contributed by atoms with E-state index >= 15 is 0 Å². The van der Waals surface area contributed by atoms with Crippen molar-refractivity contribution in [3.63, 3.8) is 0 Å². The summed E-state index contributed by atoms with van der Waals surface area (Å²) < 4.78 is 5.26. The summed E-state index contributed by atoms with van der Waals surface area (Å²) in [7, 11) is 1.48. The standard InChI is InChI=1S/C26H31ClN2O6S/c1-16(2)25(29-23(31)12-18-11-19(27)9-10-22(18)35-3)26(34)28-20(13-24(32)33)21(30)15-36-14-17-7-5-4-6-8-17/h4-11,16,20,25H,12-15H2,1-3H3,(H,28,34)(H,29,31)(H,32,33)/t20?,25-/m0/s1. The quantitative estimate of drug-likeness (QED) is 0.339. The molecule has 2 amide bonds. The fourth-order valence-corrected chi connectivity index (χ4v) is 4.57. The Morgan fingerprint density at radius 3 is 2.36 bits per heavy atom. The molecule has 8 nitrogen and oxygen atoms in total. The zero-order valence-corrected chi connectivity index (χ0v) is 22.0. The summed E-state index contributed by atoms with van der Waals surface area (Å²) in [5.74, 6) is -1.88. The average molecular weight is 535 g/mol. The number of ketones is 1. The third-order valence-electron chi connectivity index (χ3n) is 5.30. The molecule has 10 heteroatoms. The van der Waals surface area contributed by atoms with Gasteiger partial charge in [0.15, 0.2) is 5.78 Å². The Labute approximate surface area is 220 Å². The van der Waals surface area contributed by atoms with Crippen LogP contribution in [0.2, 0.25) is 5.02 Å².